The van der Waals surface area contributed by atoms with Gasteiger partial charge in [-0.3, -0.25) is 4.79 Å². The third-order valence-electron chi connectivity index (χ3n) is 2.08. The molecule has 0 fully saturated rings. The Morgan fingerprint density at radius 1 is 1.50 bits per heavy atom. The molecule has 1 N–H and O–H groups in total. The number of hydrogen-bond donors (Lipinski definition) is 1. The maximum atomic E-state index is 10.6. The van der Waals surface area contributed by atoms with Gasteiger partial charge in [-0.15, -0.1) is 0 Å². The SMILES string of the molecule is CC(=O)OC/C(=C\c1cccc(C)c1)CO. The molecule has 0 bridgehead atoms. The summed E-state index contributed by atoms with van der Waals surface area (Å²) >= 11 is 0. The fourth-order valence-corrected chi connectivity index (χ4v) is 1.32. The van der Waals surface area contributed by atoms with Gasteiger partial charge in [0.2, 0.25) is 0 Å². The van der Waals surface area contributed by atoms with Crippen LogP contribution in [-0.4, -0.2) is 24.3 Å². The molecule has 0 aromatic heterocycles. The van der Waals surface area contributed by atoms with Crippen LogP contribution >= 0.6 is 0 Å². The molecule has 0 aliphatic carbocycles. The lowest BCUT2D eigenvalue weighted by Gasteiger charge is -2.05. The molecule has 0 aliphatic heterocycles. The van der Waals surface area contributed by atoms with Gasteiger partial charge in [0.05, 0.1) is 6.61 Å². The normalized spacial score (nSPS) is 11.3. The van der Waals surface area contributed by atoms with Gasteiger partial charge in [0.25, 0.3) is 0 Å². The lowest BCUT2D eigenvalue weighted by atomic mass is 10.1. The number of aliphatic hydroxyl groups excluding tert-OH is 1. The van der Waals surface area contributed by atoms with Crippen molar-refractivity contribution >= 4 is 12.0 Å². The van der Waals surface area contributed by atoms with Crippen molar-refractivity contribution < 1.29 is 14.6 Å². The number of ether oxygens (including phenoxy) is 1. The predicted molar refractivity (Wildman–Crippen MR) is 62.9 cm³/mol. The van der Waals surface area contributed by atoms with Crippen LogP contribution in [0.15, 0.2) is 29.8 Å². The quantitative estimate of drug-likeness (QED) is 0.789. The van der Waals surface area contributed by atoms with Gasteiger partial charge in [0.1, 0.15) is 6.61 Å². The van der Waals surface area contributed by atoms with Crippen LogP contribution in [0, 0.1) is 6.92 Å². The van der Waals surface area contributed by atoms with E-state index in [0.29, 0.717) is 5.57 Å². The maximum absolute atomic E-state index is 10.6. The highest BCUT2D eigenvalue weighted by molar-refractivity contribution is 5.66. The molecule has 0 atom stereocenters. The van der Waals surface area contributed by atoms with Crippen LogP contribution in [0.3, 0.4) is 0 Å². The Balaban J connectivity index is 2.75. The minimum atomic E-state index is -0.344. The van der Waals surface area contributed by atoms with E-state index in [-0.39, 0.29) is 19.2 Å². The van der Waals surface area contributed by atoms with Crippen LogP contribution in [0.4, 0.5) is 0 Å². The lowest BCUT2D eigenvalue weighted by Crippen LogP contribution is -2.05. The minimum absolute atomic E-state index is 0.110. The summed E-state index contributed by atoms with van der Waals surface area (Å²) in [7, 11) is 0. The molecule has 0 radical (unpaired) electrons. The zero-order valence-corrected chi connectivity index (χ0v) is 9.56. The lowest BCUT2D eigenvalue weighted by molar-refractivity contribution is -0.140. The van der Waals surface area contributed by atoms with Crippen LogP contribution in [0.25, 0.3) is 6.08 Å². The second kappa shape index (κ2) is 6.08. The molecule has 1 aromatic rings. The van der Waals surface area contributed by atoms with E-state index < -0.39 is 0 Å². The molecule has 16 heavy (non-hydrogen) atoms. The van der Waals surface area contributed by atoms with Crippen molar-refractivity contribution in [2.24, 2.45) is 0 Å². The molecule has 0 amide bonds. The van der Waals surface area contributed by atoms with Gasteiger partial charge in [-0.05, 0) is 18.1 Å². The Morgan fingerprint density at radius 2 is 2.25 bits per heavy atom. The molecule has 86 valence electrons. The van der Waals surface area contributed by atoms with Crippen LogP contribution in [0.2, 0.25) is 0 Å². The topological polar surface area (TPSA) is 46.5 Å². The minimum Gasteiger partial charge on any atom is -0.461 e. The van der Waals surface area contributed by atoms with Crippen molar-refractivity contribution in [1.29, 1.82) is 0 Å². The molecule has 3 nitrogen and oxygen atoms in total. The number of aryl methyl sites for hydroxylation is 1. The number of aliphatic hydroxyl groups is 1. The first-order valence-corrected chi connectivity index (χ1v) is 5.12. The van der Waals surface area contributed by atoms with Crippen molar-refractivity contribution in [1.82, 2.24) is 0 Å². The summed E-state index contributed by atoms with van der Waals surface area (Å²) in [6.07, 6.45) is 1.83. The third kappa shape index (κ3) is 4.28. The van der Waals surface area contributed by atoms with Gasteiger partial charge in [0, 0.05) is 6.92 Å². The van der Waals surface area contributed by atoms with Crippen molar-refractivity contribution in [3.63, 3.8) is 0 Å². The summed E-state index contributed by atoms with van der Waals surface area (Å²) in [5.41, 5.74) is 2.83. The van der Waals surface area contributed by atoms with E-state index in [1.807, 2.05) is 37.3 Å². The number of carbonyl (C=O) groups excluding carboxylic acids is 1. The molecule has 0 saturated heterocycles. The molecule has 0 saturated carbocycles. The summed E-state index contributed by atoms with van der Waals surface area (Å²) in [5.74, 6) is -0.344. The van der Waals surface area contributed by atoms with Crippen molar-refractivity contribution in [3.05, 3.63) is 41.0 Å². The Kier molecular flexibility index (Phi) is 4.73. The molecule has 0 unspecified atom stereocenters. The molecule has 0 spiro atoms. The van der Waals surface area contributed by atoms with Crippen LogP contribution in [-0.2, 0) is 9.53 Å². The predicted octanol–water partition coefficient (Wildman–Crippen LogP) is 1.93. The molecule has 1 rings (SSSR count). The zero-order chi connectivity index (χ0) is 12.0. The maximum Gasteiger partial charge on any atom is 0.302 e. The number of benzene rings is 1. The molecule has 1 aromatic carbocycles. The molecular formula is C13H16O3. The summed E-state index contributed by atoms with van der Waals surface area (Å²) < 4.78 is 4.83. The molecular weight excluding hydrogens is 204 g/mol. The number of esters is 1. The van der Waals surface area contributed by atoms with E-state index in [2.05, 4.69) is 0 Å². The highest BCUT2D eigenvalue weighted by Gasteiger charge is 1.99. The monoisotopic (exact) mass is 220 g/mol. The molecule has 3 heteroatoms. The Labute approximate surface area is 95.4 Å². The largest absolute Gasteiger partial charge is 0.461 e. The van der Waals surface area contributed by atoms with E-state index in [1.54, 1.807) is 0 Å². The van der Waals surface area contributed by atoms with Crippen molar-refractivity contribution in [3.8, 4) is 0 Å². The second-order valence-corrected chi connectivity index (χ2v) is 3.66. The van der Waals surface area contributed by atoms with Gasteiger partial charge < -0.3 is 9.84 Å². The summed E-state index contributed by atoms with van der Waals surface area (Å²) in [6.45, 7) is 3.38. The van der Waals surface area contributed by atoms with Crippen molar-refractivity contribution in [2.75, 3.05) is 13.2 Å². The summed E-state index contributed by atoms with van der Waals surface area (Å²) in [4.78, 5) is 10.6. The molecule has 0 aliphatic rings. The van der Waals surface area contributed by atoms with Crippen molar-refractivity contribution in [2.45, 2.75) is 13.8 Å². The van der Waals surface area contributed by atoms with Crippen LogP contribution < -0.4 is 0 Å². The summed E-state index contributed by atoms with van der Waals surface area (Å²) in [6, 6.07) is 7.89. The zero-order valence-electron chi connectivity index (χ0n) is 9.56. The van der Waals surface area contributed by atoms with Gasteiger partial charge >= 0.3 is 5.97 Å². The first kappa shape index (κ1) is 12.5. The highest BCUT2D eigenvalue weighted by atomic mass is 16.5. The van der Waals surface area contributed by atoms with Gasteiger partial charge in [-0.2, -0.15) is 0 Å². The van der Waals surface area contributed by atoms with Crippen LogP contribution in [0.5, 0.6) is 0 Å². The van der Waals surface area contributed by atoms with Gasteiger partial charge in [-0.1, -0.05) is 35.9 Å². The van der Waals surface area contributed by atoms with E-state index >= 15 is 0 Å². The smallest absolute Gasteiger partial charge is 0.302 e. The third-order valence-corrected chi connectivity index (χ3v) is 2.08. The number of hydrogen-bond acceptors (Lipinski definition) is 3. The second-order valence-electron chi connectivity index (χ2n) is 3.66. The first-order chi connectivity index (χ1) is 7.61. The molecule has 0 heterocycles. The first-order valence-electron chi connectivity index (χ1n) is 5.12. The number of carbonyl (C=O) groups is 1. The van der Waals surface area contributed by atoms with E-state index in [4.69, 9.17) is 9.84 Å². The Morgan fingerprint density at radius 3 is 2.81 bits per heavy atom. The average Bonchev–Trinajstić information content (AvgIpc) is 2.24. The standard InChI is InChI=1S/C13H16O3/c1-10-4-3-5-12(6-10)7-13(8-14)9-16-11(2)15/h3-7,14H,8-9H2,1-2H3/b13-7-. The average molecular weight is 220 g/mol. The van der Waals surface area contributed by atoms with Crippen LogP contribution in [0.1, 0.15) is 18.1 Å². The number of rotatable bonds is 4. The van der Waals surface area contributed by atoms with E-state index in [9.17, 15) is 4.79 Å². The van der Waals surface area contributed by atoms with E-state index in [1.165, 1.54) is 6.92 Å². The Bertz CT molecular complexity index is 394. The van der Waals surface area contributed by atoms with Gasteiger partial charge in [0.15, 0.2) is 0 Å². The highest BCUT2D eigenvalue weighted by Crippen LogP contribution is 2.09. The Hall–Kier alpha value is -1.61. The van der Waals surface area contributed by atoms with E-state index in [0.717, 1.165) is 11.1 Å². The van der Waals surface area contributed by atoms with Gasteiger partial charge in [-0.25, -0.2) is 0 Å². The summed E-state index contributed by atoms with van der Waals surface area (Å²) in [5, 5.41) is 9.11. The fraction of sp³-hybridized carbons (Fsp3) is 0.308. The fourth-order valence-electron chi connectivity index (χ4n) is 1.32.